The maximum Gasteiger partial charge on any atom is 0.375 e. The molecule has 1 aromatic carbocycles. The molecule has 2 aromatic rings. The van der Waals surface area contributed by atoms with E-state index in [9.17, 15) is 19.1 Å². The number of hydrogen-bond donors (Lipinski definition) is 2. The molecule has 1 aromatic heterocycles. The van der Waals surface area contributed by atoms with Gasteiger partial charge in [-0.2, -0.15) is 0 Å². The quantitative estimate of drug-likeness (QED) is 0.843. The van der Waals surface area contributed by atoms with E-state index in [1.807, 2.05) is 0 Å². The van der Waals surface area contributed by atoms with Crippen molar-refractivity contribution in [3.63, 3.8) is 0 Å². The summed E-state index contributed by atoms with van der Waals surface area (Å²) < 4.78 is 18.2. The Morgan fingerprint density at radius 2 is 1.88 bits per heavy atom. The molecule has 138 valence electrons. The summed E-state index contributed by atoms with van der Waals surface area (Å²) in [4.78, 5) is 24.0. The van der Waals surface area contributed by atoms with Gasteiger partial charge in [0.05, 0.1) is 11.6 Å². The SMILES string of the molecule is C[C@@H](NC(=O)C1CCCCC1)c1c(-c2ccc(F)cc2)noc1C(=O)O. The highest BCUT2D eigenvalue weighted by molar-refractivity contribution is 5.89. The molecule has 1 atom stereocenters. The van der Waals surface area contributed by atoms with Gasteiger partial charge in [0.25, 0.3) is 0 Å². The average Bonchev–Trinajstić information content (AvgIpc) is 3.08. The monoisotopic (exact) mass is 360 g/mol. The number of aromatic carboxylic acids is 1. The van der Waals surface area contributed by atoms with Gasteiger partial charge < -0.3 is 14.9 Å². The van der Waals surface area contributed by atoms with Crippen LogP contribution in [0, 0.1) is 11.7 Å². The molecule has 1 aliphatic carbocycles. The predicted molar refractivity (Wildman–Crippen MR) is 92.0 cm³/mol. The fraction of sp³-hybridized carbons (Fsp3) is 0.421. The molecule has 0 saturated heterocycles. The number of hydrogen-bond acceptors (Lipinski definition) is 4. The molecule has 0 bridgehead atoms. The van der Waals surface area contributed by atoms with E-state index in [0.29, 0.717) is 11.3 Å². The van der Waals surface area contributed by atoms with Gasteiger partial charge in [-0.1, -0.05) is 24.4 Å². The van der Waals surface area contributed by atoms with Gasteiger partial charge in [-0.25, -0.2) is 9.18 Å². The van der Waals surface area contributed by atoms with E-state index in [1.165, 1.54) is 24.3 Å². The van der Waals surface area contributed by atoms with Crippen LogP contribution in [0.5, 0.6) is 0 Å². The van der Waals surface area contributed by atoms with Crippen molar-refractivity contribution in [1.29, 1.82) is 0 Å². The zero-order valence-electron chi connectivity index (χ0n) is 14.5. The number of nitrogens with one attached hydrogen (secondary N) is 1. The van der Waals surface area contributed by atoms with Crippen LogP contribution in [0.1, 0.15) is 61.2 Å². The molecule has 7 heteroatoms. The summed E-state index contributed by atoms with van der Waals surface area (Å²) in [5.74, 6) is -2.12. The third-order valence-electron chi connectivity index (χ3n) is 4.81. The van der Waals surface area contributed by atoms with Crippen molar-refractivity contribution in [3.05, 3.63) is 41.4 Å². The van der Waals surface area contributed by atoms with Crippen LogP contribution in [0.2, 0.25) is 0 Å². The lowest BCUT2D eigenvalue weighted by molar-refractivity contribution is -0.126. The van der Waals surface area contributed by atoms with Crippen molar-refractivity contribution >= 4 is 11.9 Å². The number of carbonyl (C=O) groups excluding carboxylic acids is 1. The lowest BCUT2D eigenvalue weighted by Gasteiger charge is -2.23. The van der Waals surface area contributed by atoms with E-state index in [4.69, 9.17) is 4.52 Å². The van der Waals surface area contributed by atoms with E-state index >= 15 is 0 Å². The predicted octanol–water partition coefficient (Wildman–Crippen LogP) is 3.94. The Kier molecular flexibility index (Phi) is 5.35. The zero-order chi connectivity index (χ0) is 18.7. The minimum Gasteiger partial charge on any atom is -0.475 e. The highest BCUT2D eigenvalue weighted by Crippen LogP contribution is 2.32. The summed E-state index contributed by atoms with van der Waals surface area (Å²) in [7, 11) is 0. The van der Waals surface area contributed by atoms with Gasteiger partial charge in [-0.05, 0) is 44.0 Å². The third kappa shape index (κ3) is 3.76. The number of carbonyl (C=O) groups is 2. The van der Waals surface area contributed by atoms with E-state index < -0.39 is 17.8 Å². The summed E-state index contributed by atoms with van der Waals surface area (Å²) in [6.45, 7) is 1.70. The van der Waals surface area contributed by atoms with Gasteiger partial charge in [0, 0.05) is 11.5 Å². The summed E-state index contributed by atoms with van der Waals surface area (Å²) in [6, 6.07) is 4.93. The summed E-state index contributed by atoms with van der Waals surface area (Å²) in [6.07, 6.45) is 4.89. The number of halogens is 1. The Bertz CT molecular complexity index is 794. The minimum absolute atomic E-state index is 0.0476. The van der Waals surface area contributed by atoms with Crippen molar-refractivity contribution in [2.75, 3.05) is 0 Å². The topological polar surface area (TPSA) is 92.4 Å². The van der Waals surface area contributed by atoms with Crippen molar-refractivity contribution in [2.45, 2.75) is 45.1 Å². The first-order valence-electron chi connectivity index (χ1n) is 8.76. The molecule has 1 amide bonds. The summed E-state index contributed by atoms with van der Waals surface area (Å²) >= 11 is 0. The van der Waals surface area contributed by atoms with Crippen molar-refractivity contribution in [1.82, 2.24) is 10.5 Å². The number of benzene rings is 1. The Hall–Kier alpha value is -2.70. The first-order chi connectivity index (χ1) is 12.5. The number of rotatable bonds is 5. The largest absolute Gasteiger partial charge is 0.475 e. The van der Waals surface area contributed by atoms with Gasteiger partial charge in [0.2, 0.25) is 11.7 Å². The summed E-state index contributed by atoms with van der Waals surface area (Å²) in [5, 5.41) is 16.1. The molecule has 26 heavy (non-hydrogen) atoms. The molecule has 1 saturated carbocycles. The van der Waals surface area contributed by atoms with Gasteiger partial charge in [0.1, 0.15) is 11.5 Å². The molecular formula is C19H21FN2O4. The van der Waals surface area contributed by atoms with Gasteiger partial charge in [-0.3, -0.25) is 4.79 Å². The zero-order valence-corrected chi connectivity index (χ0v) is 14.5. The van der Waals surface area contributed by atoms with Crippen molar-refractivity contribution < 1.29 is 23.6 Å². The standard InChI is InChI=1S/C19H21FN2O4/c1-11(21-18(23)13-5-3-2-4-6-13)15-16(22-26-17(15)19(24)25)12-7-9-14(20)10-8-12/h7-11,13H,2-6H2,1H3,(H,21,23)(H,24,25)/t11-/m1/s1. The minimum atomic E-state index is -1.26. The highest BCUT2D eigenvalue weighted by atomic mass is 19.1. The van der Waals surface area contributed by atoms with Crippen LogP contribution in [0.25, 0.3) is 11.3 Å². The second-order valence-electron chi connectivity index (χ2n) is 6.65. The molecule has 0 unspecified atom stereocenters. The highest BCUT2D eigenvalue weighted by Gasteiger charge is 2.30. The third-order valence-corrected chi connectivity index (χ3v) is 4.81. The summed E-state index contributed by atoms with van der Waals surface area (Å²) in [5.41, 5.74) is 1.10. The molecule has 1 heterocycles. The van der Waals surface area contributed by atoms with E-state index in [2.05, 4.69) is 10.5 Å². The lowest BCUT2D eigenvalue weighted by Crippen LogP contribution is -2.34. The van der Waals surface area contributed by atoms with Crippen molar-refractivity contribution in [3.8, 4) is 11.3 Å². The maximum atomic E-state index is 13.2. The Balaban J connectivity index is 1.88. The second-order valence-corrected chi connectivity index (χ2v) is 6.65. The van der Waals surface area contributed by atoms with E-state index in [0.717, 1.165) is 32.1 Å². The first kappa shape index (κ1) is 18.1. The fourth-order valence-electron chi connectivity index (χ4n) is 3.44. The molecule has 0 spiro atoms. The number of nitrogens with zero attached hydrogens (tertiary/aromatic N) is 1. The Labute approximate surface area is 150 Å². The van der Waals surface area contributed by atoms with Gasteiger partial charge in [0.15, 0.2) is 0 Å². The number of amides is 1. The number of carboxylic acid groups (broad SMARTS) is 1. The van der Waals surface area contributed by atoms with E-state index in [1.54, 1.807) is 6.92 Å². The van der Waals surface area contributed by atoms with Crippen LogP contribution in [0.15, 0.2) is 28.8 Å². The van der Waals surface area contributed by atoms with Crippen molar-refractivity contribution in [2.24, 2.45) is 5.92 Å². The van der Waals surface area contributed by atoms with Crippen LogP contribution >= 0.6 is 0 Å². The molecule has 6 nitrogen and oxygen atoms in total. The van der Waals surface area contributed by atoms with Gasteiger partial charge >= 0.3 is 5.97 Å². The Morgan fingerprint density at radius 3 is 2.50 bits per heavy atom. The smallest absolute Gasteiger partial charge is 0.375 e. The molecule has 3 rings (SSSR count). The Morgan fingerprint density at radius 1 is 1.23 bits per heavy atom. The number of carboxylic acids is 1. The van der Waals surface area contributed by atoms with E-state index in [-0.39, 0.29) is 23.1 Å². The molecule has 1 fully saturated rings. The molecule has 0 aliphatic heterocycles. The molecule has 0 radical (unpaired) electrons. The maximum absolute atomic E-state index is 13.2. The van der Waals surface area contributed by atoms with Gasteiger partial charge in [-0.15, -0.1) is 0 Å². The fourth-order valence-corrected chi connectivity index (χ4v) is 3.44. The second kappa shape index (κ2) is 7.68. The molecule has 2 N–H and O–H groups in total. The molecular weight excluding hydrogens is 339 g/mol. The van der Waals surface area contributed by atoms with Crippen LogP contribution in [0.3, 0.4) is 0 Å². The average molecular weight is 360 g/mol. The van der Waals surface area contributed by atoms with Crippen LogP contribution in [0.4, 0.5) is 4.39 Å². The number of aromatic nitrogens is 1. The lowest BCUT2D eigenvalue weighted by atomic mass is 9.88. The molecule has 1 aliphatic rings. The first-order valence-corrected chi connectivity index (χ1v) is 8.76. The van der Waals surface area contributed by atoms with Crippen LogP contribution in [-0.2, 0) is 4.79 Å². The van der Waals surface area contributed by atoms with Crippen LogP contribution < -0.4 is 5.32 Å². The van der Waals surface area contributed by atoms with Crippen LogP contribution in [-0.4, -0.2) is 22.1 Å². The normalized spacial score (nSPS) is 16.2.